The number of para-hydroxylation sites is 1. The molecule has 1 saturated heterocycles. The molecule has 1 amide bonds. The normalized spacial score (nSPS) is 15.4. The van der Waals surface area contributed by atoms with E-state index in [-0.39, 0.29) is 12.2 Å². The zero-order valence-electron chi connectivity index (χ0n) is 15.3. The third-order valence-electron chi connectivity index (χ3n) is 4.56. The number of nitrogens with zero attached hydrogens (tertiary/aromatic N) is 2. The average Bonchev–Trinajstić information content (AvgIpc) is 2.71. The third kappa shape index (κ3) is 5.46. The number of halogens is 3. The first-order chi connectivity index (χ1) is 13.5. The first kappa shape index (κ1) is 20.2. The molecule has 0 spiro atoms. The Kier molecular flexibility index (Phi) is 6.89. The van der Waals surface area contributed by atoms with E-state index >= 15 is 0 Å². The molecular formula is C20H22F3N3O2. The second kappa shape index (κ2) is 9.57. The van der Waals surface area contributed by atoms with Gasteiger partial charge in [-0.1, -0.05) is 18.2 Å². The van der Waals surface area contributed by atoms with Gasteiger partial charge in [0.2, 0.25) is 5.91 Å². The van der Waals surface area contributed by atoms with Crippen molar-refractivity contribution in [2.45, 2.75) is 0 Å². The van der Waals surface area contributed by atoms with Crippen LogP contribution in [0.2, 0.25) is 0 Å². The smallest absolute Gasteiger partial charge is 0.238 e. The van der Waals surface area contributed by atoms with Crippen LogP contribution >= 0.6 is 0 Å². The number of hydrogen-bond acceptors (Lipinski definition) is 4. The zero-order valence-corrected chi connectivity index (χ0v) is 15.3. The fourth-order valence-corrected chi connectivity index (χ4v) is 3.00. The Bertz CT molecular complexity index is 797. The maximum absolute atomic E-state index is 13.6. The van der Waals surface area contributed by atoms with Crippen molar-refractivity contribution in [1.29, 1.82) is 0 Å². The summed E-state index contributed by atoms with van der Waals surface area (Å²) in [6.45, 7) is 4.36. The SMILES string of the molecule is O=C(CN1CCN(CCOc2ccccc2)CC1)Nc1ccc(F)c(F)c1F. The number of rotatable bonds is 7. The van der Waals surface area contributed by atoms with E-state index in [1.54, 1.807) is 0 Å². The molecule has 1 heterocycles. The number of carbonyl (C=O) groups is 1. The van der Waals surface area contributed by atoms with Crippen molar-refractivity contribution in [1.82, 2.24) is 9.80 Å². The van der Waals surface area contributed by atoms with Crippen molar-refractivity contribution in [3.63, 3.8) is 0 Å². The van der Waals surface area contributed by atoms with Crippen LogP contribution in [-0.2, 0) is 4.79 Å². The van der Waals surface area contributed by atoms with Crippen LogP contribution in [0.3, 0.4) is 0 Å². The molecule has 2 aromatic carbocycles. The average molecular weight is 393 g/mol. The molecule has 1 aliphatic heterocycles. The largest absolute Gasteiger partial charge is 0.492 e. The van der Waals surface area contributed by atoms with Gasteiger partial charge in [0.05, 0.1) is 12.2 Å². The Morgan fingerprint density at radius 1 is 0.929 bits per heavy atom. The summed E-state index contributed by atoms with van der Waals surface area (Å²) in [6.07, 6.45) is 0. The number of carbonyl (C=O) groups excluding carboxylic acids is 1. The van der Waals surface area contributed by atoms with Crippen LogP contribution in [0.5, 0.6) is 5.75 Å². The molecule has 0 unspecified atom stereocenters. The van der Waals surface area contributed by atoms with E-state index in [9.17, 15) is 18.0 Å². The van der Waals surface area contributed by atoms with Crippen molar-refractivity contribution >= 4 is 11.6 Å². The molecule has 1 aliphatic rings. The highest BCUT2D eigenvalue weighted by Gasteiger charge is 2.20. The second-order valence-corrected chi connectivity index (χ2v) is 6.55. The van der Waals surface area contributed by atoms with E-state index in [4.69, 9.17) is 4.74 Å². The molecule has 8 heteroatoms. The van der Waals surface area contributed by atoms with Crippen molar-refractivity contribution in [3.05, 3.63) is 59.9 Å². The monoisotopic (exact) mass is 393 g/mol. The minimum Gasteiger partial charge on any atom is -0.492 e. The minimum absolute atomic E-state index is 0.0623. The van der Waals surface area contributed by atoms with Crippen LogP contribution in [0.1, 0.15) is 0 Å². The van der Waals surface area contributed by atoms with Gasteiger partial charge < -0.3 is 10.1 Å². The number of anilines is 1. The van der Waals surface area contributed by atoms with E-state index in [0.29, 0.717) is 19.7 Å². The van der Waals surface area contributed by atoms with Gasteiger partial charge in [-0.05, 0) is 24.3 Å². The van der Waals surface area contributed by atoms with Crippen LogP contribution in [-0.4, -0.2) is 61.6 Å². The first-order valence-electron chi connectivity index (χ1n) is 9.09. The van der Waals surface area contributed by atoms with E-state index < -0.39 is 23.4 Å². The molecule has 0 aliphatic carbocycles. The fraction of sp³-hybridized carbons (Fsp3) is 0.350. The molecule has 0 atom stereocenters. The Hall–Kier alpha value is -2.58. The van der Waals surface area contributed by atoms with Gasteiger partial charge in [-0.3, -0.25) is 14.6 Å². The Morgan fingerprint density at radius 3 is 2.32 bits per heavy atom. The molecule has 0 radical (unpaired) electrons. The summed E-state index contributed by atoms with van der Waals surface area (Å²) in [5, 5.41) is 2.29. The van der Waals surface area contributed by atoms with E-state index in [0.717, 1.165) is 37.5 Å². The molecule has 3 rings (SSSR count). The third-order valence-corrected chi connectivity index (χ3v) is 4.56. The number of hydrogen-bond donors (Lipinski definition) is 1. The quantitative estimate of drug-likeness (QED) is 0.735. The molecule has 0 bridgehead atoms. The second-order valence-electron chi connectivity index (χ2n) is 6.55. The molecule has 0 saturated carbocycles. The maximum atomic E-state index is 13.6. The lowest BCUT2D eigenvalue weighted by Gasteiger charge is -2.34. The van der Waals surface area contributed by atoms with Crippen molar-refractivity contribution in [2.24, 2.45) is 0 Å². The lowest BCUT2D eigenvalue weighted by Crippen LogP contribution is -2.49. The van der Waals surface area contributed by atoms with Crippen LogP contribution in [0.25, 0.3) is 0 Å². The predicted octanol–water partition coefficient (Wildman–Crippen LogP) is 2.74. The summed E-state index contributed by atoms with van der Waals surface area (Å²) < 4.78 is 45.5. The Balaban J connectivity index is 1.38. The van der Waals surface area contributed by atoms with Gasteiger partial charge in [-0.25, -0.2) is 13.2 Å². The Labute approximate surface area is 161 Å². The first-order valence-corrected chi connectivity index (χ1v) is 9.09. The summed E-state index contributed by atoms with van der Waals surface area (Å²) in [7, 11) is 0. The van der Waals surface area contributed by atoms with Crippen LogP contribution in [0, 0.1) is 17.5 Å². The van der Waals surface area contributed by atoms with Gasteiger partial charge >= 0.3 is 0 Å². The van der Waals surface area contributed by atoms with Gasteiger partial charge in [0.15, 0.2) is 17.5 Å². The minimum atomic E-state index is -1.59. The van der Waals surface area contributed by atoms with Gasteiger partial charge in [0.25, 0.3) is 0 Å². The van der Waals surface area contributed by atoms with E-state index in [1.165, 1.54) is 0 Å². The lowest BCUT2D eigenvalue weighted by molar-refractivity contribution is -0.117. The van der Waals surface area contributed by atoms with Crippen molar-refractivity contribution < 1.29 is 22.7 Å². The molecule has 2 aromatic rings. The number of nitrogens with one attached hydrogen (secondary N) is 1. The summed E-state index contributed by atoms with van der Waals surface area (Å²) >= 11 is 0. The topological polar surface area (TPSA) is 44.8 Å². The van der Waals surface area contributed by atoms with Gasteiger partial charge in [0, 0.05) is 32.7 Å². The maximum Gasteiger partial charge on any atom is 0.238 e. The number of amides is 1. The highest BCUT2D eigenvalue weighted by molar-refractivity contribution is 5.92. The molecular weight excluding hydrogens is 371 g/mol. The summed E-state index contributed by atoms with van der Waals surface area (Å²) in [5.74, 6) is -3.91. The standard InChI is InChI=1S/C20H22F3N3O2/c21-16-6-7-17(20(23)19(16)22)24-18(27)14-26-10-8-25(9-11-26)12-13-28-15-4-2-1-3-5-15/h1-7H,8-14H2,(H,24,27). The van der Waals surface area contributed by atoms with Gasteiger partial charge in [0.1, 0.15) is 12.4 Å². The molecule has 5 nitrogen and oxygen atoms in total. The highest BCUT2D eigenvalue weighted by Crippen LogP contribution is 2.19. The molecule has 1 fully saturated rings. The van der Waals surface area contributed by atoms with Gasteiger partial charge in [-0.15, -0.1) is 0 Å². The fourth-order valence-electron chi connectivity index (χ4n) is 3.00. The number of ether oxygens (including phenoxy) is 1. The van der Waals surface area contributed by atoms with E-state index in [2.05, 4.69) is 10.2 Å². The molecule has 28 heavy (non-hydrogen) atoms. The van der Waals surface area contributed by atoms with Crippen molar-refractivity contribution in [3.8, 4) is 5.75 Å². The zero-order chi connectivity index (χ0) is 19.9. The summed E-state index contributed by atoms with van der Waals surface area (Å²) in [5.41, 5.74) is -0.361. The highest BCUT2D eigenvalue weighted by atomic mass is 19.2. The summed E-state index contributed by atoms with van der Waals surface area (Å²) in [4.78, 5) is 16.2. The van der Waals surface area contributed by atoms with E-state index in [1.807, 2.05) is 35.2 Å². The van der Waals surface area contributed by atoms with Crippen LogP contribution in [0.15, 0.2) is 42.5 Å². The number of piperazine rings is 1. The molecule has 0 aromatic heterocycles. The molecule has 150 valence electrons. The Morgan fingerprint density at radius 2 is 1.61 bits per heavy atom. The van der Waals surface area contributed by atoms with Crippen LogP contribution in [0.4, 0.5) is 18.9 Å². The number of benzene rings is 2. The lowest BCUT2D eigenvalue weighted by atomic mass is 10.2. The van der Waals surface area contributed by atoms with Crippen LogP contribution < -0.4 is 10.1 Å². The van der Waals surface area contributed by atoms with Crippen molar-refractivity contribution in [2.75, 3.05) is 51.2 Å². The predicted molar refractivity (Wildman–Crippen MR) is 99.8 cm³/mol. The summed E-state index contributed by atoms with van der Waals surface area (Å²) in [6, 6.07) is 11.4. The molecule has 1 N–H and O–H groups in total. The van der Waals surface area contributed by atoms with Gasteiger partial charge in [-0.2, -0.15) is 0 Å².